The predicted molar refractivity (Wildman–Crippen MR) is 213 cm³/mol. The molecule has 0 aliphatic rings. The minimum Gasteiger partial charge on any atom is -0.744 e. The van der Waals surface area contributed by atoms with Crippen molar-refractivity contribution < 1.29 is 177 Å². The number of benzene rings is 7. The number of phenols is 2. The molecule has 7 aromatic rings. The summed E-state index contributed by atoms with van der Waals surface area (Å²) in [5.41, 5.74) is -0.836. The third-order valence-electron chi connectivity index (χ3n) is 8.85. The number of urea groups is 1. The van der Waals surface area contributed by atoms with Gasteiger partial charge in [-0.15, -0.1) is 15.3 Å². The van der Waals surface area contributed by atoms with E-state index in [-0.39, 0.29) is 163 Å². The first kappa shape index (κ1) is 55.2. The van der Waals surface area contributed by atoms with Gasteiger partial charge < -0.3 is 39.2 Å². The third-order valence-corrected chi connectivity index (χ3v) is 11.4. The molecule has 19 nitrogen and oxygen atoms in total. The number of methoxy groups -OCH3 is 1. The second kappa shape index (κ2) is 22.1. The smallest absolute Gasteiger partial charge is 0.744 e. The maximum Gasteiger partial charge on any atom is 1.00 e. The topological polar surface area (TPSA) is 312 Å². The summed E-state index contributed by atoms with van der Waals surface area (Å²) in [5.74, 6) is -1.11. The van der Waals surface area contributed by atoms with Crippen molar-refractivity contribution in [3.8, 4) is 17.2 Å². The number of aromatic hydroxyl groups is 2. The van der Waals surface area contributed by atoms with E-state index in [4.69, 9.17) is 4.74 Å². The molecule has 0 heterocycles. The number of carbonyl (C=O) groups is 1. The molecule has 2 amide bonds. The number of ether oxygens (including phenoxy) is 1. The monoisotopic (exact) mass is 961 g/mol. The molecule has 0 fully saturated rings. The molecule has 0 bridgehead atoms. The van der Waals surface area contributed by atoms with Crippen LogP contribution in [0.3, 0.4) is 0 Å². The van der Waals surface area contributed by atoms with Gasteiger partial charge >= 0.3 is 124 Å². The number of anilines is 2. The van der Waals surface area contributed by atoms with Crippen molar-refractivity contribution >= 4 is 103 Å². The van der Waals surface area contributed by atoms with E-state index < -0.39 is 73.9 Å². The van der Waals surface area contributed by atoms with Crippen LogP contribution in [0.25, 0.3) is 32.3 Å². The minimum atomic E-state index is -5.28. The summed E-state index contributed by atoms with van der Waals surface area (Å²) >= 11 is 0. The molecule has 7 rings (SSSR count). The summed E-state index contributed by atoms with van der Waals surface area (Å²) in [4.78, 5) is 10.8. The molecule has 0 aliphatic carbocycles. The van der Waals surface area contributed by atoms with Crippen LogP contribution in [-0.2, 0) is 30.4 Å². The molecule has 26 heteroatoms. The van der Waals surface area contributed by atoms with Crippen molar-refractivity contribution in [3.05, 3.63) is 109 Å². The van der Waals surface area contributed by atoms with Crippen molar-refractivity contribution in [2.75, 3.05) is 17.7 Å². The third kappa shape index (κ3) is 12.5. The van der Waals surface area contributed by atoms with E-state index in [0.29, 0.717) is 16.5 Å². The Morgan fingerprint density at radius 1 is 0.547 bits per heavy atom. The van der Waals surface area contributed by atoms with Crippen molar-refractivity contribution in [2.24, 2.45) is 20.5 Å². The molecule has 7 aromatic carbocycles. The van der Waals surface area contributed by atoms with Crippen LogP contribution in [0, 0.1) is 0 Å². The van der Waals surface area contributed by atoms with Gasteiger partial charge in [0.2, 0.25) is 0 Å². The minimum absolute atomic E-state index is 0. The number of nitrogens with one attached hydrogen (secondary N) is 2. The standard InChI is InChI=1S/C38H28N6O13S3.4Na/c1-57-31-5-3-2-4-30(31)42-44-35-33(60(54,55)56)19-23-16-25(10-13-29(23)37(35)46)40-38(47)39-24-9-12-28-22(15-24)18-32(59(51,52)53)34(36(28)45)43-41-26-8-6-21-17-27(58(48,49)50)11-7-20(21)14-26;;;;/h2-19,45-46H,1H3,(H2,39,40,47)(H,48,49,50)(H,51,52,53)(H,54,55,56);;;;/q;4*+1/p-3. The van der Waals surface area contributed by atoms with Gasteiger partial charge in [0.25, 0.3) is 0 Å². The normalized spacial score (nSPS) is 11.7. The summed E-state index contributed by atoms with van der Waals surface area (Å²) in [6.07, 6.45) is 0. The Hall–Kier alpha value is -3.08. The summed E-state index contributed by atoms with van der Waals surface area (Å²) in [6, 6.07) is 23.2. The summed E-state index contributed by atoms with van der Waals surface area (Å²) in [5, 5.41) is 43.6. The Morgan fingerprint density at radius 2 is 1.03 bits per heavy atom. The Balaban J connectivity index is 0.00000272. The number of nitrogens with zero attached hydrogens (tertiary/aromatic N) is 4. The first-order valence-electron chi connectivity index (χ1n) is 16.9. The molecule has 306 valence electrons. The van der Waals surface area contributed by atoms with Crippen LogP contribution in [0.15, 0.2) is 144 Å². The van der Waals surface area contributed by atoms with Crippen LogP contribution in [-0.4, -0.2) is 62.3 Å². The average Bonchev–Trinajstić information content (AvgIpc) is 3.18. The largest absolute Gasteiger partial charge is 1.00 e. The second-order valence-electron chi connectivity index (χ2n) is 12.7. The molecule has 4 N–H and O–H groups in total. The molecular formula is C38H25N6Na4O13S3+. The number of hydrogen-bond donors (Lipinski definition) is 4. The molecule has 0 radical (unpaired) electrons. The van der Waals surface area contributed by atoms with E-state index >= 15 is 0 Å². The molecule has 0 saturated carbocycles. The van der Waals surface area contributed by atoms with E-state index in [1.54, 1.807) is 18.2 Å². The van der Waals surface area contributed by atoms with Crippen LogP contribution < -0.4 is 134 Å². The van der Waals surface area contributed by atoms with E-state index in [1.807, 2.05) is 0 Å². The summed E-state index contributed by atoms with van der Waals surface area (Å²) < 4.78 is 113. The number of phenolic OH excluding ortho intramolecular Hbond substituents is 2. The maximum absolute atomic E-state index is 13.1. The van der Waals surface area contributed by atoms with Gasteiger partial charge in [-0.1, -0.05) is 24.3 Å². The summed E-state index contributed by atoms with van der Waals surface area (Å²) in [6.45, 7) is 0. The zero-order chi connectivity index (χ0) is 43.1. The van der Waals surface area contributed by atoms with Gasteiger partial charge in [0.15, 0.2) is 11.5 Å². The maximum atomic E-state index is 13.1. The Bertz CT molecular complexity index is 3360. The Morgan fingerprint density at radius 3 is 1.53 bits per heavy atom. The fourth-order valence-corrected chi connectivity index (χ4v) is 7.88. The molecule has 0 unspecified atom stereocenters. The van der Waals surface area contributed by atoms with Gasteiger partial charge in [-0.2, -0.15) is 5.11 Å². The van der Waals surface area contributed by atoms with Gasteiger partial charge in [0.05, 0.1) is 27.5 Å². The van der Waals surface area contributed by atoms with Crippen LogP contribution in [0.2, 0.25) is 0 Å². The first-order chi connectivity index (χ1) is 28.3. The zero-order valence-corrected chi connectivity index (χ0v) is 44.7. The van der Waals surface area contributed by atoms with Gasteiger partial charge in [0, 0.05) is 22.1 Å². The van der Waals surface area contributed by atoms with Crippen LogP contribution in [0.5, 0.6) is 17.2 Å². The molecule has 0 aromatic heterocycles. The van der Waals surface area contributed by atoms with Crippen molar-refractivity contribution in [3.63, 3.8) is 0 Å². The molecular weight excluding hydrogens is 937 g/mol. The van der Waals surface area contributed by atoms with Gasteiger partial charge in [-0.3, -0.25) is 0 Å². The van der Waals surface area contributed by atoms with E-state index in [0.717, 1.165) is 24.3 Å². The molecule has 64 heavy (non-hydrogen) atoms. The van der Waals surface area contributed by atoms with Crippen molar-refractivity contribution in [2.45, 2.75) is 14.7 Å². The number of rotatable bonds is 10. The van der Waals surface area contributed by atoms with Crippen molar-refractivity contribution in [1.82, 2.24) is 0 Å². The SMILES string of the molecule is COc1ccccc1N=Nc1c(S(=O)(=O)[O-])cc2cc(NC(=O)Nc3ccc4c(O)c(N=Nc5ccc6cc(S(=O)(=O)[O-])ccc6c5)c(S(=O)(=O)[O-])cc4c3)ccc2c1O.[Na+].[Na+].[Na+].[Na+]. The van der Waals surface area contributed by atoms with Gasteiger partial charge in [0.1, 0.15) is 53.2 Å². The fourth-order valence-electron chi connectivity index (χ4n) is 6.08. The quantitative estimate of drug-likeness (QED) is 0.0575. The molecule has 0 saturated heterocycles. The number of hydrogen-bond acceptors (Lipinski definition) is 17. The van der Waals surface area contributed by atoms with Gasteiger partial charge in [-0.05, 0) is 106 Å². The number of azo groups is 2. The van der Waals surface area contributed by atoms with E-state index in [1.165, 1.54) is 73.8 Å². The van der Waals surface area contributed by atoms with Crippen LogP contribution >= 0.6 is 0 Å². The fraction of sp³-hybridized carbons (Fsp3) is 0.0263. The Labute approximate surface area is 453 Å². The van der Waals surface area contributed by atoms with E-state index in [9.17, 15) is 53.9 Å². The van der Waals surface area contributed by atoms with Gasteiger partial charge in [-0.25, -0.2) is 30.0 Å². The van der Waals surface area contributed by atoms with E-state index in [2.05, 4.69) is 31.1 Å². The number of amides is 2. The molecule has 0 spiro atoms. The molecule has 0 aliphatic heterocycles. The average molecular weight is 962 g/mol. The predicted octanol–water partition coefficient (Wildman–Crippen LogP) is -4.23. The van der Waals surface area contributed by atoms with Crippen LogP contribution in [0.1, 0.15) is 0 Å². The van der Waals surface area contributed by atoms with Crippen molar-refractivity contribution in [1.29, 1.82) is 0 Å². The first-order valence-corrected chi connectivity index (χ1v) is 21.1. The summed E-state index contributed by atoms with van der Waals surface area (Å²) in [7, 11) is -13.8. The number of fused-ring (bicyclic) bond motifs is 3. The molecule has 0 atom stereocenters. The zero-order valence-electron chi connectivity index (χ0n) is 34.3. The second-order valence-corrected chi connectivity index (χ2v) is 16.8. The Kier molecular flexibility index (Phi) is 19.1. The number of para-hydroxylation sites is 1. The van der Waals surface area contributed by atoms with Crippen LogP contribution in [0.4, 0.5) is 38.9 Å². The number of carbonyl (C=O) groups excluding carboxylic acids is 1.